The zero-order chi connectivity index (χ0) is 22.6. The van der Waals surface area contributed by atoms with Crippen LogP contribution in [0.2, 0.25) is 0 Å². The van der Waals surface area contributed by atoms with Crippen LogP contribution in [0.3, 0.4) is 0 Å². The molecule has 2 aromatic carbocycles. The van der Waals surface area contributed by atoms with E-state index in [2.05, 4.69) is 5.32 Å². The molecule has 4 rings (SSSR count). The number of amides is 2. The number of nitrogens with zero attached hydrogens (tertiary/aromatic N) is 2. The van der Waals surface area contributed by atoms with Gasteiger partial charge in [-0.05, 0) is 55.2 Å². The zero-order valence-corrected chi connectivity index (χ0v) is 19.1. The molecule has 172 valence electrons. The lowest BCUT2D eigenvalue weighted by atomic mass is 10.2. The molecule has 0 saturated carbocycles. The highest BCUT2D eigenvalue weighted by Crippen LogP contribution is 2.32. The van der Waals surface area contributed by atoms with Crippen LogP contribution in [-0.4, -0.2) is 50.1 Å². The van der Waals surface area contributed by atoms with Crippen LogP contribution < -0.4 is 14.8 Å². The standard InChI is InChI=1S/C23H29N3O5S/c1-2-25(16-19-8-11-21-22(14-19)31-17-30-21)23(27)24-15-18-6-9-20(10-7-18)32(28,29)26-12-4-3-5-13-26/h6-11,14H,2-5,12-13,15-17H2,1H3,(H,24,27). The molecule has 1 N–H and O–H groups in total. The van der Waals surface area contributed by atoms with Crippen molar-refractivity contribution in [1.29, 1.82) is 0 Å². The summed E-state index contributed by atoms with van der Waals surface area (Å²) in [6, 6.07) is 12.2. The molecule has 0 bridgehead atoms. The van der Waals surface area contributed by atoms with E-state index >= 15 is 0 Å². The van der Waals surface area contributed by atoms with E-state index in [9.17, 15) is 13.2 Å². The van der Waals surface area contributed by atoms with E-state index < -0.39 is 10.0 Å². The molecule has 0 aromatic heterocycles. The van der Waals surface area contributed by atoms with E-state index in [1.165, 1.54) is 0 Å². The predicted molar refractivity (Wildman–Crippen MR) is 120 cm³/mol. The zero-order valence-electron chi connectivity index (χ0n) is 18.2. The van der Waals surface area contributed by atoms with Gasteiger partial charge in [-0.3, -0.25) is 0 Å². The Morgan fingerprint density at radius 1 is 1.00 bits per heavy atom. The van der Waals surface area contributed by atoms with Crippen molar-refractivity contribution in [3.8, 4) is 11.5 Å². The molecule has 1 saturated heterocycles. The molecule has 2 aliphatic heterocycles. The monoisotopic (exact) mass is 459 g/mol. The molecule has 2 amide bonds. The fourth-order valence-corrected chi connectivity index (χ4v) is 5.43. The van der Waals surface area contributed by atoms with Gasteiger partial charge in [-0.25, -0.2) is 13.2 Å². The van der Waals surface area contributed by atoms with Crippen LogP contribution in [0.15, 0.2) is 47.4 Å². The minimum absolute atomic E-state index is 0.185. The first kappa shape index (κ1) is 22.4. The molecule has 0 radical (unpaired) electrons. The maximum Gasteiger partial charge on any atom is 0.317 e. The van der Waals surface area contributed by atoms with Gasteiger partial charge in [0.1, 0.15) is 0 Å². The minimum atomic E-state index is -3.45. The number of carbonyl (C=O) groups excluding carboxylic acids is 1. The number of carbonyl (C=O) groups is 1. The number of piperidine rings is 1. The molecule has 0 spiro atoms. The molecule has 2 aliphatic rings. The van der Waals surface area contributed by atoms with Crippen LogP contribution >= 0.6 is 0 Å². The van der Waals surface area contributed by atoms with E-state index in [0.29, 0.717) is 49.1 Å². The molecule has 1 fully saturated rings. The van der Waals surface area contributed by atoms with Gasteiger partial charge in [0.05, 0.1) is 4.90 Å². The topological polar surface area (TPSA) is 88.2 Å². The number of sulfonamides is 1. The maximum atomic E-state index is 12.8. The fourth-order valence-electron chi connectivity index (χ4n) is 3.91. The number of urea groups is 1. The van der Waals surface area contributed by atoms with Crippen LogP contribution in [0.25, 0.3) is 0 Å². The first-order chi connectivity index (χ1) is 15.5. The molecule has 0 unspecified atom stereocenters. The van der Waals surface area contributed by atoms with Gasteiger partial charge in [0, 0.05) is 32.7 Å². The molecule has 9 heteroatoms. The summed E-state index contributed by atoms with van der Waals surface area (Å²) in [6.45, 7) is 4.62. The van der Waals surface area contributed by atoms with Gasteiger partial charge < -0.3 is 19.7 Å². The molecule has 8 nitrogen and oxygen atoms in total. The van der Waals surface area contributed by atoms with E-state index in [0.717, 1.165) is 30.4 Å². The first-order valence-corrected chi connectivity index (χ1v) is 12.4. The van der Waals surface area contributed by atoms with Crippen LogP contribution in [0.5, 0.6) is 11.5 Å². The van der Waals surface area contributed by atoms with E-state index in [1.54, 1.807) is 33.5 Å². The van der Waals surface area contributed by atoms with Crippen LogP contribution in [0.4, 0.5) is 4.79 Å². The quantitative estimate of drug-likeness (QED) is 0.686. The minimum Gasteiger partial charge on any atom is -0.454 e. The Bertz CT molecular complexity index is 1050. The molecular weight excluding hydrogens is 430 g/mol. The fraction of sp³-hybridized carbons (Fsp3) is 0.435. The lowest BCUT2D eigenvalue weighted by Gasteiger charge is -2.26. The number of ether oxygens (including phenoxy) is 2. The van der Waals surface area contributed by atoms with Gasteiger partial charge in [-0.1, -0.05) is 24.6 Å². The molecule has 0 atom stereocenters. The van der Waals surface area contributed by atoms with Gasteiger partial charge in [-0.15, -0.1) is 0 Å². The Labute approximate surface area is 189 Å². The predicted octanol–water partition coefficient (Wildman–Crippen LogP) is 3.32. The van der Waals surface area contributed by atoms with Crippen molar-refractivity contribution in [3.05, 3.63) is 53.6 Å². The van der Waals surface area contributed by atoms with Gasteiger partial charge in [0.2, 0.25) is 16.8 Å². The second-order valence-electron chi connectivity index (χ2n) is 7.97. The lowest BCUT2D eigenvalue weighted by Crippen LogP contribution is -2.39. The summed E-state index contributed by atoms with van der Waals surface area (Å²) in [5.74, 6) is 1.41. The van der Waals surface area contributed by atoms with Crippen LogP contribution in [0.1, 0.15) is 37.3 Å². The van der Waals surface area contributed by atoms with Crippen molar-refractivity contribution in [2.75, 3.05) is 26.4 Å². The van der Waals surface area contributed by atoms with Crippen LogP contribution in [0, 0.1) is 0 Å². The van der Waals surface area contributed by atoms with Crippen molar-refractivity contribution < 1.29 is 22.7 Å². The second-order valence-corrected chi connectivity index (χ2v) is 9.91. The van der Waals surface area contributed by atoms with Gasteiger partial charge in [0.15, 0.2) is 11.5 Å². The number of hydrogen-bond donors (Lipinski definition) is 1. The Balaban J connectivity index is 1.33. The summed E-state index contributed by atoms with van der Waals surface area (Å²) in [6.07, 6.45) is 2.89. The smallest absolute Gasteiger partial charge is 0.317 e. The van der Waals surface area contributed by atoms with Crippen molar-refractivity contribution in [3.63, 3.8) is 0 Å². The highest BCUT2D eigenvalue weighted by atomic mass is 32.2. The highest BCUT2D eigenvalue weighted by molar-refractivity contribution is 7.89. The second kappa shape index (κ2) is 9.79. The molecular formula is C23H29N3O5S. The van der Waals surface area contributed by atoms with Crippen molar-refractivity contribution in [2.24, 2.45) is 0 Å². The first-order valence-electron chi connectivity index (χ1n) is 11.0. The third kappa shape index (κ3) is 4.99. The van der Waals surface area contributed by atoms with Crippen molar-refractivity contribution >= 4 is 16.1 Å². The van der Waals surface area contributed by atoms with Crippen molar-refractivity contribution in [2.45, 2.75) is 44.2 Å². The van der Waals surface area contributed by atoms with Gasteiger partial charge >= 0.3 is 6.03 Å². The third-order valence-electron chi connectivity index (χ3n) is 5.80. The summed E-state index contributed by atoms with van der Waals surface area (Å²) in [5.41, 5.74) is 1.80. The summed E-state index contributed by atoms with van der Waals surface area (Å²) in [4.78, 5) is 14.7. The number of benzene rings is 2. The number of hydrogen-bond acceptors (Lipinski definition) is 5. The third-order valence-corrected chi connectivity index (χ3v) is 7.71. The molecule has 2 aromatic rings. The SMILES string of the molecule is CCN(Cc1ccc2c(c1)OCO2)C(=O)NCc1ccc(S(=O)(=O)N2CCCCC2)cc1. The summed E-state index contributed by atoms with van der Waals surface area (Å²) in [5, 5.41) is 2.92. The average molecular weight is 460 g/mol. The summed E-state index contributed by atoms with van der Waals surface area (Å²) >= 11 is 0. The number of nitrogens with one attached hydrogen (secondary N) is 1. The van der Waals surface area contributed by atoms with Gasteiger partial charge in [0.25, 0.3) is 0 Å². The highest BCUT2D eigenvalue weighted by Gasteiger charge is 2.25. The Morgan fingerprint density at radius 2 is 1.69 bits per heavy atom. The lowest BCUT2D eigenvalue weighted by molar-refractivity contribution is 0.173. The summed E-state index contributed by atoms with van der Waals surface area (Å²) in [7, 11) is -3.45. The average Bonchev–Trinajstić information content (AvgIpc) is 3.30. The normalized spacial score (nSPS) is 16.0. The van der Waals surface area contributed by atoms with Crippen molar-refractivity contribution in [1.82, 2.24) is 14.5 Å². The Morgan fingerprint density at radius 3 is 2.41 bits per heavy atom. The molecule has 2 heterocycles. The Kier molecular flexibility index (Phi) is 6.86. The largest absolute Gasteiger partial charge is 0.454 e. The van der Waals surface area contributed by atoms with Crippen LogP contribution in [-0.2, 0) is 23.1 Å². The molecule has 32 heavy (non-hydrogen) atoms. The maximum absolute atomic E-state index is 12.8. The van der Waals surface area contributed by atoms with E-state index in [4.69, 9.17) is 9.47 Å². The van der Waals surface area contributed by atoms with E-state index in [1.807, 2.05) is 25.1 Å². The summed E-state index contributed by atoms with van der Waals surface area (Å²) < 4.78 is 37.8. The number of rotatable bonds is 7. The van der Waals surface area contributed by atoms with E-state index in [-0.39, 0.29) is 12.8 Å². The van der Waals surface area contributed by atoms with Gasteiger partial charge in [-0.2, -0.15) is 4.31 Å². The molecule has 0 aliphatic carbocycles. The Hall–Kier alpha value is -2.78. The number of fused-ring (bicyclic) bond motifs is 1.